The van der Waals surface area contributed by atoms with Crippen molar-refractivity contribution in [1.29, 1.82) is 0 Å². The van der Waals surface area contributed by atoms with Gasteiger partial charge in [-0.05, 0) is 22.0 Å². The summed E-state index contributed by atoms with van der Waals surface area (Å²) in [7, 11) is -0.456. The zero-order valence-corrected chi connectivity index (χ0v) is 10.8. The van der Waals surface area contributed by atoms with Crippen LogP contribution in [0.15, 0.2) is 18.3 Å². The topological polar surface area (TPSA) is 105 Å². The molecule has 100 valence electrons. The van der Waals surface area contributed by atoms with E-state index in [4.69, 9.17) is 0 Å². The van der Waals surface area contributed by atoms with Gasteiger partial charge in [0.05, 0.1) is 5.75 Å². The first-order valence-electron chi connectivity index (χ1n) is 5.08. The van der Waals surface area contributed by atoms with Crippen LogP contribution in [0.2, 0.25) is 0 Å². The van der Waals surface area contributed by atoms with Crippen LogP contribution in [0.5, 0.6) is 0 Å². The molecule has 9 heteroatoms. The molecule has 0 saturated heterocycles. The summed E-state index contributed by atoms with van der Waals surface area (Å²) in [6.45, 7) is 0.0764. The number of hydrogen-bond acceptors (Lipinski definition) is 6. The molecule has 8 nitrogen and oxygen atoms in total. The molecule has 0 spiro atoms. The standard InChI is InChI=1S/C9H14N4O4S/c1-12(2)18(16,17)7-6-10-8-4-3-5-11-9(8)13(14)15/h3-5,10H,6-7H2,1-2H3. The average molecular weight is 274 g/mol. The molecule has 0 bridgehead atoms. The van der Waals surface area contributed by atoms with Crippen molar-refractivity contribution in [1.82, 2.24) is 9.29 Å². The molecule has 0 aliphatic carbocycles. The third kappa shape index (κ3) is 3.64. The van der Waals surface area contributed by atoms with Crippen molar-refractivity contribution < 1.29 is 13.3 Å². The van der Waals surface area contributed by atoms with Gasteiger partial charge in [-0.3, -0.25) is 0 Å². The third-order valence-corrected chi connectivity index (χ3v) is 4.02. The number of nitrogens with zero attached hydrogens (tertiary/aromatic N) is 3. The molecule has 0 radical (unpaired) electrons. The van der Waals surface area contributed by atoms with Gasteiger partial charge in [0.15, 0.2) is 0 Å². The number of hydrogen-bond donors (Lipinski definition) is 1. The first kappa shape index (κ1) is 14.3. The summed E-state index contributed by atoms with van der Waals surface area (Å²) in [6, 6.07) is 3.02. The quantitative estimate of drug-likeness (QED) is 0.590. The highest BCUT2D eigenvalue weighted by Crippen LogP contribution is 2.19. The Labute approximate surface area is 105 Å². The summed E-state index contributed by atoms with van der Waals surface area (Å²) >= 11 is 0. The maximum atomic E-state index is 11.5. The lowest BCUT2D eigenvalue weighted by atomic mass is 10.4. The van der Waals surface area contributed by atoms with Gasteiger partial charge in [0.2, 0.25) is 10.0 Å². The van der Waals surface area contributed by atoms with E-state index in [0.29, 0.717) is 0 Å². The smallest absolute Gasteiger partial charge is 0.377 e. The molecule has 1 aromatic heterocycles. The molecule has 18 heavy (non-hydrogen) atoms. The molecule has 0 fully saturated rings. The van der Waals surface area contributed by atoms with Gasteiger partial charge in [-0.15, -0.1) is 0 Å². The highest BCUT2D eigenvalue weighted by atomic mass is 32.2. The molecular formula is C9H14N4O4S. The average Bonchev–Trinajstić information content (AvgIpc) is 2.29. The van der Waals surface area contributed by atoms with Crippen LogP contribution in [0.3, 0.4) is 0 Å². The lowest BCUT2D eigenvalue weighted by molar-refractivity contribution is -0.388. The molecule has 0 aliphatic heterocycles. The first-order valence-corrected chi connectivity index (χ1v) is 6.69. The van der Waals surface area contributed by atoms with Crippen LogP contribution in [0, 0.1) is 10.1 Å². The van der Waals surface area contributed by atoms with Gasteiger partial charge in [0.1, 0.15) is 11.9 Å². The minimum Gasteiger partial charge on any atom is -0.377 e. The first-order chi connectivity index (χ1) is 8.34. The van der Waals surface area contributed by atoms with E-state index < -0.39 is 14.9 Å². The van der Waals surface area contributed by atoms with E-state index in [-0.39, 0.29) is 23.8 Å². The minimum absolute atomic E-state index is 0.0764. The van der Waals surface area contributed by atoms with E-state index in [9.17, 15) is 18.5 Å². The summed E-state index contributed by atoms with van der Waals surface area (Å²) in [5.41, 5.74) is 0.205. The third-order valence-electron chi connectivity index (χ3n) is 2.19. The van der Waals surface area contributed by atoms with Crippen molar-refractivity contribution in [2.24, 2.45) is 0 Å². The van der Waals surface area contributed by atoms with Gasteiger partial charge in [-0.1, -0.05) is 0 Å². The highest BCUT2D eigenvalue weighted by Gasteiger charge is 2.16. The Balaban J connectivity index is 2.68. The monoisotopic (exact) mass is 274 g/mol. The Morgan fingerprint density at radius 1 is 1.50 bits per heavy atom. The number of sulfonamides is 1. The SMILES string of the molecule is CN(C)S(=O)(=O)CCNc1cccnc1[N+](=O)[O-]. The summed E-state index contributed by atoms with van der Waals surface area (Å²) in [5.74, 6) is -0.466. The molecule has 0 amide bonds. The van der Waals surface area contributed by atoms with Crippen LogP contribution in [0.25, 0.3) is 0 Å². The van der Waals surface area contributed by atoms with Crippen molar-refractivity contribution in [2.75, 3.05) is 31.7 Å². The Morgan fingerprint density at radius 3 is 2.72 bits per heavy atom. The number of nitrogens with one attached hydrogen (secondary N) is 1. The van der Waals surface area contributed by atoms with Crippen LogP contribution >= 0.6 is 0 Å². The van der Waals surface area contributed by atoms with Crippen LogP contribution in [0.4, 0.5) is 11.5 Å². The molecule has 0 saturated carbocycles. The van der Waals surface area contributed by atoms with E-state index >= 15 is 0 Å². The van der Waals surface area contributed by atoms with Crippen LogP contribution in [-0.4, -0.2) is 49.0 Å². The van der Waals surface area contributed by atoms with E-state index in [1.807, 2.05) is 0 Å². The summed E-state index contributed by atoms with van der Waals surface area (Å²) in [4.78, 5) is 13.7. The second-order valence-electron chi connectivity index (χ2n) is 3.66. The maximum absolute atomic E-state index is 11.5. The van der Waals surface area contributed by atoms with Crippen molar-refractivity contribution in [3.63, 3.8) is 0 Å². The maximum Gasteiger partial charge on any atom is 0.386 e. The number of pyridine rings is 1. The molecule has 1 heterocycles. The molecule has 0 atom stereocenters. The highest BCUT2D eigenvalue weighted by molar-refractivity contribution is 7.89. The van der Waals surface area contributed by atoms with E-state index in [1.54, 1.807) is 0 Å². The van der Waals surface area contributed by atoms with Crippen molar-refractivity contribution in [3.05, 3.63) is 28.4 Å². The predicted molar refractivity (Wildman–Crippen MR) is 66.9 cm³/mol. The van der Waals surface area contributed by atoms with E-state index in [1.165, 1.54) is 32.4 Å². The van der Waals surface area contributed by atoms with E-state index in [0.717, 1.165) is 4.31 Å². The van der Waals surface area contributed by atoms with Crippen LogP contribution < -0.4 is 5.32 Å². The van der Waals surface area contributed by atoms with Gasteiger partial charge >= 0.3 is 5.82 Å². The van der Waals surface area contributed by atoms with Crippen molar-refractivity contribution >= 4 is 21.5 Å². The number of aromatic nitrogens is 1. The Hall–Kier alpha value is -1.74. The van der Waals surface area contributed by atoms with Gasteiger partial charge in [-0.2, -0.15) is 0 Å². The van der Waals surface area contributed by atoms with Gasteiger partial charge in [-0.25, -0.2) is 12.7 Å². The largest absolute Gasteiger partial charge is 0.386 e. The Morgan fingerprint density at radius 2 is 2.17 bits per heavy atom. The summed E-state index contributed by atoms with van der Waals surface area (Å²) in [6.07, 6.45) is 1.31. The fraction of sp³-hybridized carbons (Fsp3) is 0.444. The lowest BCUT2D eigenvalue weighted by Crippen LogP contribution is -2.28. The number of rotatable bonds is 6. The molecule has 1 aromatic rings. The molecule has 0 aliphatic rings. The zero-order valence-electron chi connectivity index (χ0n) is 10.0. The molecule has 1 N–H and O–H groups in total. The minimum atomic E-state index is -3.32. The second kappa shape index (κ2) is 5.74. The summed E-state index contributed by atoms with van der Waals surface area (Å²) in [5, 5.41) is 13.4. The Bertz CT molecular complexity index is 529. The molecular weight excluding hydrogens is 260 g/mol. The van der Waals surface area contributed by atoms with Gasteiger partial charge in [0, 0.05) is 20.6 Å². The normalized spacial score (nSPS) is 11.5. The van der Waals surface area contributed by atoms with Gasteiger partial charge < -0.3 is 15.4 Å². The van der Waals surface area contributed by atoms with Gasteiger partial charge in [0.25, 0.3) is 0 Å². The number of anilines is 1. The van der Waals surface area contributed by atoms with Crippen LogP contribution in [-0.2, 0) is 10.0 Å². The summed E-state index contributed by atoms with van der Waals surface area (Å²) < 4.78 is 24.1. The molecule has 1 rings (SSSR count). The van der Waals surface area contributed by atoms with Crippen molar-refractivity contribution in [3.8, 4) is 0 Å². The molecule has 0 aromatic carbocycles. The fourth-order valence-corrected chi connectivity index (χ4v) is 1.90. The van der Waals surface area contributed by atoms with E-state index in [2.05, 4.69) is 10.3 Å². The van der Waals surface area contributed by atoms with Crippen molar-refractivity contribution in [2.45, 2.75) is 0 Å². The molecule has 0 unspecified atom stereocenters. The predicted octanol–water partition coefficient (Wildman–Crippen LogP) is 0.293. The number of nitro groups is 1. The zero-order chi connectivity index (χ0) is 13.8. The lowest BCUT2D eigenvalue weighted by Gasteiger charge is -2.11. The fourth-order valence-electron chi connectivity index (χ4n) is 1.18. The second-order valence-corrected chi connectivity index (χ2v) is 5.96. The van der Waals surface area contributed by atoms with Crippen LogP contribution in [0.1, 0.15) is 0 Å². The Kier molecular flexibility index (Phi) is 4.56.